The van der Waals surface area contributed by atoms with E-state index in [0.29, 0.717) is 44.0 Å². The zero-order chi connectivity index (χ0) is 33.6. The molecule has 4 heterocycles. The molecule has 0 aliphatic rings. The lowest BCUT2D eigenvalue weighted by Crippen LogP contribution is -2.36. The van der Waals surface area contributed by atoms with E-state index in [-0.39, 0.29) is 29.6 Å². The Hall–Kier alpha value is -4.34. The number of thiazole rings is 3. The Balaban J connectivity index is 1.55. The van der Waals surface area contributed by atoms with Crippen LogP contribution in [0.1, 0.15) is 96.0 Å². The number of nitrogens with zero attached hydrogens (tertiary/aromatic N) is 4. The Labute approximate surface area is 278 Å². The molecule has 0 saturated heterocycles. The average Bonchev–Trinajstić information content (AvgIpc) is 3.79. The van der Waals surface area contributed by atoms with Crippen molar-refractivity contribution >= 4 is 64.0 Å². The zero-order valence-electron chi connectivity index (χ0n) is 26.4. The number of esters is 1. The molecular formula is C31H34N6O6S3. The van der Waals surface area contributed by atoms with Gasteiger partial charge in [-0.25, -0.2) is 29.5 Å². The molecule has 0 aliphatic carbocycles. The minimum absolute atomic E-state index is 0.00763. The summed E-state index contributed by atoms with van der Waals surface area (Å²) in [5, 5.41) is 12.3. The summed E-state index contributed by atoms with van der Waals surface area (Å²) in [6.07, 6.45) is 1.80. The van der Waals surface area contributed by atoms with Crippen LogP contribution >= 0.6 is 34.0 Å². The summed E-state index contributed by atoms with van der Waals surface area (Å²) >= 11 is 3.80. The lowest BCUT2D eigenvalue weighted by atomic mass is 10.1. The van der Waals surface area contributed by atoms with E-state index in [4.69, 9.17) is 14.5 Å². The van der Waals surface area contributed by atoms with Crippen LogP contribution in [-0.4, -0.2) is 56.4 Å². The van der Waals surface area contributed by atoms with Crippen molar-refractivity contribution in [2.24, 2.45) is 5.92 Å². The minimum atomic E-state index is -0.651. The van der Waals surface area contributed by atoms with Crippen LogP contribution in [0.4, 0.5) is 4.79 Å². The highest BCUT2D eigenvalue weighted by Gasteiger charge is 2.26. The predicted molar refractivity (Wildman–Crippen MR) is 178 cm³/mol. The maximum absolute atomic E-state index is 13.3. The summed E-state index contributed by atoms with van der Waals surface area (Å²) in [4.78, 5) is 67.6. The molecule has 242 valence electrons. The maximum atomic E-state index is 13.3. The summed E-state index contributed by atoms with van der Waals surface area (Å²) in [6, 6.07) is 2.83. The van der Waals surface area contributed by atoms with Gasteiger partial charge in [-0.15, -0.1) is 34.0 Å². The molecule has 0 fully saturated rings. The van der Waals surface area contributed by atoms with E-state index in [2.05, 4.69) is 25.6 Å². The fourth-order valence-corrected chi connectivity index (χ4v) is 6.70. The number of amides is 2. The van der Waals surface area contributed by atoms with Gasteiger partial charge in [-0.1, -0.05) is 19.9 Å². The van der Waals surface area contributed by atoms with Gasteiger partial charge in [0.25, 0.3) is 5.91 Å². The molecule has 4 aromatic heterocycles. The number of hydrogen-bond donors (Lipinski definition) is 2. The highest BCUT2D eigenvalue weighted by atomic mass is 32.1. The molecule has 0 bridgehead atoms. The third kappa shape index (κ3) is 8.47. The van der Waals surface area contributed by atoms with Crippen molar-refractivity contribution in [3.8, 4) is 22.0 Å². The molecule has 46 heavy (non-hydrogen) atoms. The Morgan fingerprint density at radius 1 is 0.978 bits per heavy atom. The molecule has 2 N–H and O–H groups in total. The summed E-state index contributed by atoms with van der Waals surface area (Å²) in [6.45, 7) is 13.0. The molecule has 0 spiro atoms. The van der Waals surface area contributed by atoms with E-state index >= 15 is 0 Å². The van der Waals surface area contributed by atoms with Crippen LogP contribution in [0, 0.1) is 5.92 Å². The average molecular weight is 683 g/mol. The number of rotatable bonds is 11. The van der Waals surface area contributed by atoms with Crippen LogP contribution in [0.25, 0.3) is 27.7 Å². The number of allylic oxidation sites excluding steroid dienone is 1. The van der Waals surface area contributed by atoms with Gasteiger partial charge in [-0.2, -0.15) is 0 Å². The predicted octanol–water partition coefficient (Wildman–Crippen LogP) is 6.79. The van der Waals surface area contributed by atoms with E-state index in [1.165, 1.54) is 34.0 Å². The number of aromatic nitrogens is 4. The molecule has 1 atom stereocenters. The maximum Gasteiger partial charge on any atom is 0.408 e. The van der Waals surface area contributed by atoms with Crippen molar-refractivity contribution in [1.29, 1.82) is 0 Å². The lowest BCUT2D eigenvalue weighted by molar-refractivity contribution is 0.0486. The van der Waals surface area contributed by atoms with Crippen LogP contribution in [-0.2, 0) is 9.47 Å². The molecule has 2 amide bonds. The van der Waals surface area contributed by atoms with Crippen molar-refractivity contribution < 1.29 is 28.7 Å². The third-order valence-electron chi connectivity index (χ3n) is 6.13. The zero-order valence-corrected chi connectivity index (χ0v) is 28.8. The van der Waals surface area contributed by atoms with Crippen LogP contribution in [0.5, 0.6) is 0 Å². The SMILES string of the molecule is C/C=C(\NC(=O)c1csc([C@H](NC(=O)OC(C)(C)C)C(C)C)n1)c1nc(-c2nc(C=O)ccc2-c2nc(C(=O)OCC)cs2)cs1. The minimum Gasteiger partial charge on any atom is -0.461 e. The molecule has 4 aromatic rings. The largest absolute Gasteiger partial charge is 0.461 e. The summed E-state index contributed by atoms with van der Waals surface area (Å²) in [5.74, 6) is -0.977. The van der Waals surface area contributed by atoms with Gasteiger partial charge in [0.05, 0.1) is 18.3 Å². The highest BCUT2D eigenvalue weighted by molar-refractivity contribution is 7.13. The summed E-state index contributed by atoms with van der Waals surface area (Å²) in [7, 11) is 0. The van der Waals surface area contributed by atoms with Crippen molar-refractivity contribution in [3.05, 3.63) is 61.4 Å². The van der Waals surface area contributed by atoms with Crippen molar-refractivity contribution in [2.45, 2.75) is 60.1 Å². The van der Waals surface area contributed by atoms with Gasteiger partial charge in [-0.05, 0) is 52.7 Å². The molecule has 12 nitrogen and oxygen atoms in total. The van der Waals surface area contributed by atoms with Gasteiger partial charge in [-0.3, -0.25) is 9.59 Å². The second-order valence-electron chi connectivity index (χ2n) is 11.1. The first-order chi connectivity index (χ1) is 21.8. The van der Waals surface area contributed by atoms with E-state index in [0.717, 1.165) is 0 Å². The van der Waals surface area contributed by atoms with Crippen molar-refractivity contribution in [2.75, 3.05) is 6.61 Å². The van der Waals surface area contributed by atoms with Gasteiger partial charge >= 0.3 is 12.1 Å². The van der Waals surface area contributed by atoms with Gasteiger partial charge in [0.15, 0.2) is 12.0 Å². The molecule has 4 rings (SSSR count). The second-order valence-corrected chi connectivity index (χ2v) is 13.7. The number of pyridine rings is 1. The Morgan fingerprint density at radius 3 is 2.37 bits per heavy atom. The number of carbonyl (C=O) groups is 4. The second kappa shape index (κ2) is 14.8. The van der Waals surface area contributed by atoms with E-state index < -0.39 is 29.6 Å². The molecule has 0 aliphatic heterocycles. The monoisotopic (exact) mass is 682 g/mol. The summed E-state index contributed by atoms with van der Waals surface area (Å²) < 4.78 is 10.5. The van der Waals surface area contributed by atoms with Gasteiger partial charge in [0.1, 0.15) is 43.4 Å². The van der Waals surface area contributed by atoms with E-state index in [1.807, 2.05) is 13.8 Å². The van der Waals surface area contributed by atoms with Gasteiger partial charge in [0.2, 0.25) is 0 Å². The van der Waals surface area contributed by atoms with E-state index in [1.54, 1.807) is 69.0 Å². The first kappa shape index (κ1) is 34.5. The fourth-order valence-electron chi connectivity index (χ4n) is 4.03. The number of aldehydes is 1. The number of hydrogen-bond acceptors (Lipinski definition) is 13. The van der Waals surface area contributed by atoms with Crippen LogP contribution < -0.4 is 10.6 Å². The number of nitrogens with one attached hydrogen (secondary N) is 2. The molecule has 0 saturated carbocycles. The standard InChI is InChI=1S/C31H34N6O6S3/c1-8-19(33-25(39)21-14-46-28(35-21)23(16(3)4)37-30(41)43-31(5,6)7)27-34-20(13-45-27)24-18(11-10-17(12-38)32-24)26-36-22(15-44-26)29(40)42-9-2/h8,10-16,23H,9H2,1-7H3,(H,33,39)(H,37,41)/b19-8-/t23-/m1/s1. The molecule has 0 radical (unpaired) electrons. The Kier molecular flexibility index (Phi) is 11.1. The molecular weight excluding hydrogens is 649 g/mol. The van der Waals surface area contributed by atoms with Crippen LogP contribution in [0.2, 0.25) is 0 Å². The molecule has 15 heteroatoms. The Bertz CT molecular complexity index is 1770. The number of carbonyl (C=O) groups excluding carboxylic acids is 4. The highest BCUT2D eigenvalue weighted by Crippen LogP contribution is 2.34. The number of alkyl carbamates (subject to hydrolysis) is 1. The van der Waals surface area contributed by atoms with Crippen molar-refractivity contribution in [1.82, 2.24) is 30.6 Å². The summed E-state index contributed by atoms with van der Waals surface area (Å²) in [5.41, 5.74) is 1.83. The Morgan fingerprint density at radius 2 is 1.72 bits per heavy atom. The first-order valence-corrected chi connectivity index (χ1v) is 17.0. The smallest absolute Gasteiger partial charge is 0.408 e. The van der Waals surface area contributed by atoms with Crippen LogP contribution in [0.15, 0.2) is 34.3 Å². The van der Waals surface area contributed by atoms with Gasteiger partial charge in [0, 0.05) is 21.7 Å². The van der Waals surface area contributed by atoms with E-state index in [9.17, 15) is 19.2 Å². The third-order valence-corrected chi connectivity index (χ3v) is 8.81. The van der Waals surface area contributed by atoms with Crippen molar-refractivity contribution in [3.63, 3.8) is 0 Å². The number of ether oxygens (including phenoxy) is 2. The first-order valence-electron chi connectivity index (χ1n) is 14.3. The van der Waals surface area contributed by atoms with Gasteiger partial charge < -0.3 is 20.1 Å². The normalized spacial score (nSPS) is 12.5. The quantitative estimate of drug-likeness (QED) is 0.127. The van der Waals surface area contributed by atoms with Crippen LogP contribution in [0.3, 0.4) is 0 Å². The topological polar surface area (TPSA) is 162 Å². The molecule has 0 unspecified atom stereocenters. The molecule has 0 aromatic carbocycles. The lowest BCUT2D eigenvalue weighted by Gasteiger charge is -2.24. The fraction of sp³-hybridized carbons (Fsp3) is 0.355.